The van der Waals surface area contributed by atoms with Gasteiger partial charge in [0.1, 0.15) is 11.5 Å². The molecule has 0 aliphatic heterocycles. The van der Waals surface area contributed by atoms with E-state index in [0.717, 1.165) is 11.5 Å². The Morgan fingerprint density at radius 2 is 1.09 bits per heavy atom. The Balaban J connectivity index is 1.78. The van der Waals surface area contributed by atoms with E-state index in [-0.39, 0.29) is 6.10 Å². The van der Waals surface area contributed by atoms with Crippen LogP contribution < -0.4 is 9.47 Å². The lowest BCUT2D eigenvalue weighted by Gasteiger charge is -2.34. The fourth-order valence-electron chi connectivity index (χ4n) is 5.05. The van der Waals surface area contributed by atoms with Gasteiger partial charge in [0, 0.05) is 0 Å². The number of hydrogen-bond donors (Lipinski definition) is 0. The summed E-state index contributed by atoms with van der Waals surface area (Å²) in [5, 5.41) is 0. The van der Waals surface area contributed by atoms with Crippen molar-refractivity contribution in [2.75, 3.05) is 6.61 Å². The highest BCUT2D eigenvalue weighted by atomic mass is 16.5. The van der Waals surface area contributed by atoms with Crippen molar-refractivity contribution in [3.63, 3.8) is 0 Å². The Morgan fingerprint density at radius 1 is 0.625 bits per heavy atom. The minimum absolute atomic E-state index is 0.147. The molecule has 4 aromatic carbocycles. The molecule has 32 heavy (non-hydrogen) atoms. The third-order valence-electron chi connectivity index (χ3n) is 6.21. The molecule has 160 valence electrons. The van der Waals surface area contributed by atoms with Gasteiger partial charge in [0.05, 0.1) is 18.1 Å². The Kier molecular flexibility index (Phi) is 5.22. The summed E-state index contributed by atoms with van der Waals surface area (Å²) >= 11 is 0. The second-order valence-corrected chi connectivity index (χ2v) is 8.49. The van der Waals surface area contributed by atoms with Crippen LogP contribution in [0.3, 0.4) is 0 Å². The summed E-state index contributed by atoms with van der Waals surface area (Å²) in [5.41, 5.74) is 7.27. The van der Waals surface area contributed by atoms with Crippen molar-refractivity contribution in [3.8, 4) is 22.6 Å². The van der Waals surface area contributed by atoms with E-state index in [1.54, 1.807) is 0 Å². The molecule has 0 aromatic heterocycles. The van der Waals surface area contributed by atoms with Crippen LogP contribution in [0.4, 0.5) is 0 Å². The van der Waals surface area contributed by atoms with E-state index >= 15 is 0 Å². The van der Waals surface area contributed by atoms with E-state index in [4.69, 9.17) is 9.47 Å². The topological polar surface area (TPSA) is 18.5 Å². The summed E-state index contributed by atoms with van der Waals surface area (Å²) in [6, 6.07) is 34.8. The molecule has 0 unspecified atom stereocenters. The average molecular weight is 421 g/mol. The zero-order valence-electron chi connectivity index (χ0n) is 18.8. The first kappa shape index (κ1) is 20.4. The summed E-state index contributed by atoms with van der Waals surface area (Å²) in [5.74, 6) is 1.79. The second-order valence-electron chi connectivity index (χ2n) is 8.49. The molecular formula is C30H28O2. The van der Waals surface area contributed by atoms with Gasteiger partial charge in [0.15, 0.2) is 0 Å². The first-order valence-electron chi connectivity index (χ1n) is 11.3. The molecule has 0 saturated heterocycles. The zero-order valence-corrected chi connectivity index (χ0v) is 18.8. The van der Waals surface area contributed by atoms with Gasteiger partial charge >= 0.3 is 0 Å². The van der Waals surface area contributed by atoms with Gasteiger partial charge in [-0.2, -0.15) is 0 Å². The summed E-state index contributed by atoms with van der Waals surface area (Å²) in [7, 11) is 0. The van der Waals surface area contributed by atoms with Crippen LogP contribution in [-0.4, -0.2) is 12.7 Å². The van der Waals surface area contributed by atoms with Crippen LogP contribution in [-0.2, 0) is 5.41 Å². The second kappa shape index (κ2) is 8.20. The van der Waals surface area contributed by atoms with E-state index in [9.17, 15) is 0 Å². The molecule has 2 heteroatoms. The van der Waals surface area contributed by atoms with Crippen molar-refractivity contribution in [1.82, 2.24) is 0 Å². The van der Waals surface area contributed by atoms with Crippen molar-refractivity contribution in [1.29, 1.82) is 0 Å². The molecule has 2 nitrogen and oxygen atoms in total. The molecular weight excluding hydrogens is 392 g/mol. The Labute approximate surface area is 190 Å². The van der Waals surface area contributed by atoms with Crippen LogP contribution >= 0.6 is 0 Å². The quantitative estimate of drug-likeness (QED) is 0.288. The maximum Gasteiger partial charge on any atom is 0.119 e. The van der Waals surface area contributed by atoms with E-state index < -0.39 is 5.41 Å². The predicted molar refractivity (Wildman–Crippen MR) is 131 cm³/mol. The number of hydrogen-bond acceptors (Lipinski definition) is 2. The predicted octanol–water partition coefficient (Wildman–Crippen LogP) is 7.24. The summed E-state index contributed by atoms with van der Waals surface area (Å²) in [6.45, 7) is 6.78. The molecule has 5 rings (SSSR count). The van der Waals surface area contributed by atoms with Crippen molar-refractivity contribution in [2.24, 2.45) is 0 Å². The molecule has 0 heterocycles. The van der Waals surface area contributed by atoms with Gasteiger partial charge in [-0.3, -0.25) is 0 Å². The first-order valence-corrected chi connectivity index (χ1v) is 11.3. The molecule has 0 fully saturated rings. The Hall–Kier alpha value is -3.52. The third kappa shape index (κ3) is 3.18. The van der Waals surface area contributed by atoms with Crippen LogP contribution in [0.5, 0.6) is 11.5 Å². The molecule has 0 N–H and O–H groups in total. The van der Waals surface area contributed by atoms with E-state index in [2.05, 4.69) is 111 Å². The fraction of sp³-hybridized carbons (Fsp3) is 0.200. The number of rotatable bonds is 6. The Morgan fingerprint density at radius 3 is 1.56 bits per heavy atom. The lowest BCUT2D eigenvalue weighted by Crippen LogP contribution is -2.28. The molecule has 0 radical (unpaired) electrons. The van der Waals surface area contributed by atoms with Crippen LogP contribution in [0.25, 0.3) is 11.1 Å². The molecule has 1 aliphatic rings. The van der Waals surface area contributed by atoms with Crippen LogP contribution in [0.2, 0.25) is 0 Å². The zero-order chi connectivity index (χ0) is 22.1. The molecule has 0 atom stereocenters. The smallest absolute Gasteiger partial charge is 0.119 e. The largest absolute Gasteiger partial charge is 0.494 e. The highest BCUT2D eigenvalue weighted by molar-refractivity contribution is 5.86. The standard InChI is InChI=1S/C30H28O2/c1-4-31-24-17-13-22(14-18-24)30(23-15-19-25(20-16-23)32-21(2)3)28-11-7-5-9-26(28)27-10-6-8-12-29(27)30/h5-21H,4H2,1-3H3. The summed E-state index contributed by atoms with van der Waals surface area (Å²) < 4.78 is 11.7. The lowest BCUT2D eigenvalue weighted by atomic mass is 9.68. The number of ether oxygens (including phenoxy) is 2. The fourth-order valence-corrected chi connectivity index (χ4v) is 5.05. The van der Waals surface area contributed by atoms with Gasteiger partial charge in [0.25, 0.3) is 0 Å². The molecule has 0 amide bonds. The van der Waals surface area contributed by atoms with Crippen LogP contribution in [0.1, 0.15) is 43.0 Å². The molecule has 0 spiro atoms. The SMILES string of the molecule is CCOc1ccc(C2(c3ccc(OC(C)C)cc3)c3ccccc3-c3ccccc32)cc1. The van der Waals surface area contributed by atoms with Gasteiger partial charge < -0.3 is 9.47 Å². The van der Waals surface area contributed by atoms with E-state index in [1.807, 2.05) is 6.92 Å². The van der Waals surface area contributed by atoms with E-state index in [0.29, 0.717) is 6.61 Å². The minimum Gasteiger partial charge on any atom is -0.494 e. The Bertz CT molecular complexity index is 1170. The molecule has 0 saturated carbocycles. The van der Waals surface area contributed by atoms with Gasteiger partial charge in [-0.1, -0.05) is 72.8 Å². The first-order chi connectivity index (χ1) is 15.6. The average Bonchev–Trinajstić information content (AvgIpc) is 3.12. The van der Waals surface area contributed by atoms with Gasteiger partial charge in [0.2, 0.25) is 0 Å². The monoisotopic (exact) mass is 420 g/mol. The van der Waals surface area contributed by atoms with Gasteiger partial charge in [-0.05, 0) is 78.4 Å². The van der Waals surface area contributed by atoms with Gasteiger partial charge in [-0.25, -0.2) is 0 Å². The maximum absolute atomic E-state index is 5.94. The summed E-state index contributed by atoms with van der Waals surface area (Å²) in [6.07, 6.45) is 0.147. The van der Waals surface area contributed by atoms with Gasteiger partial charge in [-0.15, -0.1) is 0 Å². The maximum atomic E-state index is 5.94. The third-order valence-corrected chi connectivity index (χ3v) is 6.21. The normalized spacial score (nSPS) is 13.5. The highest BCUT2D eigenvalue weighted by Crippen LogP contribution is 2.56. The van der Waals surface area contributed by atoms with Crippen molar-refractivity contribution in [3.05, 3.63) is 119 Å². The van der Waals surface area contributed by atoms with Crippen molar-refractivity contribution >= 4 is 0 Å². The lowest BCUT2D eigenvalue weighted by molar-refractivity contribution is 0.242. The number of fused-ring (bicyclic) bond motifs is 3. The molecule has 0 bridgehead atoms. The van der Waals surface area contributed by atoms with Crippen molar-refractivity contribution < 1.29 is 9.47 Å². The van der Waals surface area contributed by atoms with E-state index in [1.165, 1.54) is 33.4 Å². The molecule has 4 aromatic rings. The number of benzene rings is 4. The van der Waals surface area contributed by atoms with Crippen LogP contribution in [0, 0.1) is 0 Å². The minimum atomic E-state index is -0.395. The highest BCUT2D eigenvalue weighted by Gasteiger charge is 2.45. The summed E-state index contributed by atoms with van der Waals surface area (Å²) in [4.78, 5) is 0. The van der Waals surface area contributed by atoms with Crippen LogP contribution in [0.15, 0.2) is 97.1 Å². The molecule has 1 aliphatic carbocycles. The van der Waals surface area contributed by atoms with Crippen molar-refractivity contribution in [2.45, 2.75) is 32.3 Å².